The van der Waals surface area contributed by atoms with E-state index in [1.807, 2.05) is 56.3 Å². The van der Waals surface area contributed by atoms with Gasteiger partial charge in [0.1, 0.15) is 17.6 Å². The SMILES string of the molecule is CCOc1ccc(C(O)c2ccccc2OCC)cc1Br. The van der Waals surface area contributed by atoms with Crippen LogP contribution >= 0.6 is 15.9 Å². The fraction of sp³-hybridized carbons (Fsp3) is 0.294. The third-order valence-corrected chi connectivity index (χ3v) is 3.70. The summed E-state index contributed by atoms with van der Waals surface area (Å²) < 4.78 is 11.9. The molecule has 0 heterocycles. The summed E-state index contributed by atoms with van der Waals surface area (Å²) in [7, 11) is 0. The number of hydrogen-bond acceptors (Lipinski definition) is 3. The molecule has 1 unspecified atom stereocenters. The lowest BCUT2D eigenvalue weighted by Crippen LogP contribution is -2.04. The quantitative estimate of drug-likeness (QED) is 0.842. The Kier molecular flexibility index (Phi) is 5.65. The fourth-order valence-corrected chi connectivity index (χ4v) is 2.64. The zero-order valence-electron chi connectivity index (χ0n) is 12.2. The minimum Gasteiger partial charge on any atom is -0.493 e. The van der Waals surface area contributed by atoms with Gasteiger partial charge in [0.15, 0.2) is 0 Å². The minimum atomic E-state index is -0.736. The normalized spacial score (nSPS) is 12.0. The van der Waals surface area contributed by atoms with E-state index in [0.717, 1.165) is 21.3 Å². The van der Waals surface area contributed by atoms with Gasteiger partial charge in [0, 0.05) is 5.56 Å². The predicted molar refractivity (Wildman–Crippen MR) is 87.0 cm³/mol. The summed E-state index contributed by atoms with van der Waals surface area (Å²) in [5, 5.41) is 10.6. The summed E-state index contributed by atoms with van der Waals surface area (Å²) >= 11 is 3.47. The molecule has 0 aromatic heterocycles. The molecule has 0 aliphatic rings. The van der Waals surface area contributed by atoms with Crippen molar-refractivity contribution in [2.24, 2.45) is 0 Å². The van der Waals surface area contributed by atoms with Crippen LogP contribution in [0, 0.1) is 0 Å². The highest BCUT2D eigenvalue weighted by atomic mass is 79.9. The second-order valence-electron chi connectivity index (χ2n) is 4.50. The van der Waals surface area contributed by atoms with Crippen LogP contribution in [0.25, 0.3) is 0 Å². The van der Waals surface area contributed by atoms with Gasteiger partial charge in [0.2, 0.25) is 0 Å². The number of benzene rings is 2. The molecular formula is C17H19BrO3. The van der Waals surface area contributed by atoms with E-state index in [0.29, 0.717) is 19.0 Å². The topological polar surface area (TPSA) is 38.7 Å². The van der Waals surface area contributed by atoms with Crippen LogP contribution in [0.4, 0.5) is 0 Å². The van der Waals surface area contributed by atoms with Crippen molar-refractivity contribution in [2.75, 3.05) is 13.2 Å². The zero-order valence-corrected chi connectivity index (χ0v) is 13.8. The highest BCUT2D eigenvalue weighted by Crippen LogP contribution is 2.34. The summed E-state index contributed by atoms with van der Waals surface area (Å²) in [6, 6.07) is 13.1. The van der Waals surface area contributed by atoms with Crippen molar-refractivity contribution in [1.29, 1.82) is 0 Å². The van der Waals surface area contributed by atoms with E-state index >= 15 is 0 Å². The molecule has 1 atom stereocenters. The van der Waals surface area contributed by atoms with Gasteiger partial charge in [-0.15, -0.1) is 0 Å². The molecule has 0 fully saturated rings. The van der Waals surface area contributed by atoms with Gasteiger partial charge in [0.25, 0.3) is 0 Å². The molecule has 0 saturated carbocycles. The molecule has 0 radical (unpaired) electrons. The average molecular weight is 351 g/mol. The molecule has 2 aromatic rings. The van der Waals surface area contributed by atoms with Crippen molar-refractivity contribution in [2.45, 2.75) is 20.0 Å². The maximum atomic E-state index is 10.6. The van der Waals surface area contributed by atoms with E-state index in [4.69, 9.17) is 9.47 Å². The van der Waals surface area contributed by atoms with Crippen molar-refractivity contribution in [3.63, 3.8) is 0 Å². The van der Waals surface area contributed by atoms with Crippen LogP contribution in [0.2, 0.25) is 0 Å². The Bertz CT molecular complexity index is 598. The molecule has 0 bridgehead atoms. The Balaban J connectivity index is 2.31. The summed E-state index contributed by atoms with van der Waals surface area (Å²) in [5.74, 6) is 1.48. The van der Waals surface area contributed by atoms with Crippen LogP contribution < -0.4 is 9.47 Å². The summed E-state index contributed by atoms with van der Waals surface area (Å²) in [6.07, 6.45) is -0.736. The first-order valence-corrected chi connectivity index (χ1v) is 7.78. The first-order valence-electron chi connectivity index (χ1n) is 6.99. The Morgan fingerprint density at radius 2 is 1.67 bits per heavy atom. The summed E-state index contributed by atoms with van der Waals surface area (Å²) in [4.78, 5) is 0. The fourth-order valence-electron chi connectivity index (χ4n) is 2.13. The Morgan fingerprint density at radius 3 is 2.33 bits per heavy atom. The van der Waals surface area contributed by atoms with Crippen LogP contribution in [0.1, 0.15) is 31.1 Å². The van der Waals surface area contributed by atoms with E-state index in [1.165, 1.54) is 0 Å². The van der Waals surface area contributed by atoms with Gasteiger partial charge in [-0.25, -0.2) is 0 Å². The standard InChI is InChI=1S/C17H19BrO3/c1-3-20-15-8-6-5-7-13(15)17(19)12-9-10-16(21-4-2)14(18)11-12/h5-11,17,19H,3-4H2,1-2H3. The average Bonchev–Trinajstić information content (AvgIpc) is 2.50. The van der Waals surface area contributed by atoms with E-state index in [2.05, 4.69) is 15.9 Å². The molecule has 0 spiro atoms. The molecule has 21 heavy (non-hydrogen) atoms. The number of rotatable bonds is 6. The van der Waals surface area contributed by atoms with Crippen LogP contribution in [0.15, 0.2) is 46.9 Å². The maximum Gasteiger partial charge on any atom is 0.133 e. The van der Waals surface area contributed by atoms with Crippen molar-refractivity contribution in [3.05, 3.63) is 58.1 Å². The number of ether oxygens (including phenoxy) is 2. The first-order chi connectivity index (χ1) is 10.2. The maximum absolute atomic E-state index is 10.6. The number of hydrogen-bond donors (Lipinski definition) is 1. The lowest BCUT2D eigenvalue weighted by Gasteiger charge is -2.17. The molecule has 112 valence electrons. The highest BCUT2D eigenvalue weighted by Gasteiger charge is 2.16. The molecule has 0 aliphatic heterocycles. The van der Waals surface area contributed by atoms with Crippen molar-refractivity contribution in [1.82, 2.24) is 0 Å². The zero-order chi connectivity index (χ0) is 15.2. The Morgan fingerprint density at radius 1 is 1.00 bits per heavy atom. The molecule has 2 aromatic carbocycles. The predicted octanol–water partition coefficient (Wildman–Crippen LogP) is 4.33. The minimum absolute atomic E-state index is 0.566. The van der Waals surface area contributed by atoms with Gasteiger partial charge in [0.05, 0.1) is 17.7 Å². The summed E-state index contributed by atoms with van der Waals surface area (Å²) in [6.45, 7) is 5.04. The van der Waals surface area contributed by atoms with Crippen molar-refractivity contribution >= 4 is 15.9 Å². The van der Waals surface area contributed by atoms with Crippen LogP contribution in [-0.4, -0.2) is 18.3 Å². The molecule has 3 nitrogen and oxygen atoms in total. The van der Waals surface area contributed by atoms with Gasteiger partial charge in [-0.05, 0) is 53.5 Å². The summed E-state index contributed by atoms with van der Waals surface area (Å²) in [5.41, 5.74) is 1.55. The number of aliphatic hydroxyl groups excluding tert-OH is 1. The van der Waals surface area contributed by atoms with Crippen LogP contribution in [-0.2, 0) is 0 Å². The van der Waals surface area contributed by atoms with Crippen molar-refractivity contribution < 1.29 is 14.6 Å². The molecule has 4 heteroatoms. The Hall–Kier alpha value is -1.52. The number of aliphatic hydroxyl groups is 1. The third kappa shape index (κ3) is 3.77. The first kappa shape index (κ1) is 15.9. The smallest absolute Gasteiger partial charge is 0.133 e. The van der Waals surface area contributed by atoms with Gasteiger partial charge < -0.3 is 14.6 Å². The number of halogens is 1. The Labute approximate surface area is 133 Å². The molecule has 1 N–H and O–H groups in total. The molecular weight excluding hydrogens is 332 g/mol. The lowest BCUT2D eigenvalue weighted by molar-refractivity contribution is 0.211. The van der Waals surface area contributed by atoms with E-state index < -0.39 is 6.10 Å². The van der Waals surface area contributed by atoms with Crippen LogP contribution in [0.3, 0.4) is 0 Å². The molecule has 2 rings (SSSR count). The van der Waals surface area contributed by atoms with Crippen LogP contribution in [0.5, 0.6) is 11.5 Å². The van der Waals surface area contributed by atoms with E-state index in [1.54, 1.807) is 0 Å². The highest BCUT2D eigenvalue weighted by molar-refractivity contribution is 9.10. The second kappa shape index (κ2) is 7.48. The lowest BCUT2D eigenvalue weighted by atomic mass is 10.0. The van der Waals surface area contributed by atoms with Gasteiger partial charge >= 0.3 is 0 Å². The van der Waals surface area contributed by atoms with Gasteiger partial charge in [-0.3, -0.25) is 0 Å². The van der Waals surface area contributed by atoms with E-state index in [9.17, 15) is 5.11 Å². The van der Waals surface area contributed by atoms with Gasteiger partial charge in [-0.2, -0.15) is 0 Å². The monoisotopic (exact) mass is 350 g/mol. The van der Waals surface area contributed by atoms with E-state index in [-0.39, 0.29) is 0 Å². The number of para-hydroxylation sites is 1. The molecule has 0 aliphatic carbocycles. The van der Waals surface area contributed by atoms with Crippen molar-refractivity contribution in [3.8, 4) is 11.5 Å². The molecule has 0 amide bonds. The third-order valence-electron chi connectivity index (χ3n) is 3.08. The second-order valence-corrected chi connectivity index (χ2v) is 5.35. The largest absolute Gasteiger partial charge is 0.493 e. The van der Waals surface area contributed by atoms with Gasteiger partial charge in [-0.1, -0.05) is 24.3 Å². The molecule has 0 saturated heterocycles.